The molecular formula is C56H107NO5. The number of nitrogens with one attached hydrogen (secondary N) is 1. The maximum absolute atomic E-state index is 12.4. The Bertz CT molecular complexity index is 966. The lowest BCUT2D eigenvalue weighted by molar-refractivity contribution is -0.143. The Hall–Kier alpha value is -1.66. The molecule has 6 nitrogen and oxygen atoms in total. The number of hydrogen-bond acceptors (Lipinski definition) is 5. The van der Waals surface area contributed by atoms with Crippen LogP contribution in [0.15, 0.2) is 24.3 Å². The average Bonchev–Trinajstić information content (AvgIpc) is 3.27. The van der Waals surface area contributed by atoms with Crippen molar-refractivity contribution in [3.8, 4) is 0 Å². The number of rotatable bonds is 51. The lowest BCUT2D eigenvalue weighted by Gasteiger charge is -2.22. The van der Waals surface area contributed by atoms with Gasteiger partial charge in [-0.05, 0) is 77.0 Å². The van der Waals surface area contributed by atoms with Gasteiger partial charge < -0.3 is 20.3 Å². The quantitative estimate of drug-likeness (QED) is 0.0321. The van der Waals surface area contributed by atoms with Gasteiger partial charge in [0.15, 0.2) is 0 Å². The molecule has 0 aliphatic rings. The minimum absolute atomic E-state index is 0.000374. The fourth-order valence-corrected chi connectivity index (χ4v) is 8.45. The van der Waals surface area contributed by atoms with Gasteiger partial charge in [-0.3, -0.25) is 9.59 Å². The molecule has 0 heterocycles. The first-order chi connectivity index (χ1) is 30.5. The first-order valence-electron chi connectivity index (χ1n) is 27.6. The first kappa shape index (κ1) is 60.3. The Balaban J connectivity index is 3.41. The third kappa shape index (κ3) is 47.8. The summed E-state index contributed by atoms with van der Waals surface area (Å²) in [6.07, 6.45) is 61.7. The molecule has 0 saturated carbocycles. The van der Waals surface area contributed by atoms with Gasteiger partial charge in [-0.25, -0.2) is 0 Å². The lowest BCUT2D eigenvalue weighted by Crippen LogP contribution is -2.45. The Morgan fingerprint density at radius 1 is 0.435 bits per heavy atom. The molecule has 0 aromatic rings. The number of esters is 1. The van der Waals surface area contributed by atoms with Crippen LogP contribution in [0, 0.1) is 0 Å². The molecule has 0 rings (SSSR count). The molecule has 0 bridgehead atoms. The van der Waals surface area contributed by atoms with Crippen LogP contribution in [-0.4, -0.2) is 47.4 Å². The van der Waals surface area contributed by atoms with Gasteiger partial charge in [0.1, 0.15) is 0 Å². The molecular weight excluding hydrogens is 767 g/mol. The van der Waals surface area contributed by atoms with Crippen molar-refractivity contribution in [2.45, 2.75) is 309 Å². The maximum Gasteiger partial charge on any atom is 0.305 e. The van der Waals surface area contributed by atoms with E-state index in [2.05, 4.69) is 43.5 Å². The van der Waals surface area contributed by atoms with E-state index >= 15 is 0 Å². The number of carbonyl (C=O) groups excluding carboxylic acids is 2. The minimum atomic E-state index is -0.667. The Morgan fingerprint density at radius 2 is 0.758 bits per heavy atom. The van der Waals surface area contributed by atoms with Crippen molar-refractivity contribution in [3.63, 3.8) is 0 Å². The van der Waals surface area contributed by atoms with Crippen LogP contribution in [0.25, 0.3) is 0 Å². The van der Waals surface area contributed by atoms with Crippen molar-refractivity contribution in [1.82, 2.24) is 5.32 Å². The van der Waals surface area contributed by atoms with Gasteiger partial charge in [-0.2, -0.15) is 0 Å². The number of hydrogen-bond donors (Lipinski definition) is 3. The predicted octanol–water partition coefficient (Wildman–Crippen LogP) is 16.7. The van der Waals surface area contributed by atoms with Crippen LogP contribution in [-0.2, 0) is 14.3 Å². The van der Waals surface area contributed by atoms with Crippen LogP contribution >= 0.6 is 0 Å². The molecule has 0 aromatic heterocycles. The van der Waals surface area contributed by atoms with Crippen molar-refractivity contribution < 1.29 is 24.5 Å². The van der Waals surface area contributed by atoms with Crippen LogP contribution in [0.5, 0.6) is 0 Å². The van der Waals surface area contributed by atoms with Crippen LogP contribution < -0.4 is 5.32 Å². The molecule has 62 heavy (non-hydrogen) atoms. The van der Waals surface area contributed by atoms with Gasteiger partial charge in [0.25, 0.3) is 0 Å². The Morgan fingerprint density at radius 3 is 1.18 bits per heavy atom. The molecule has 366 valence electrons. The topological polar surface area (TPSA) is 95.9 Å². The molecule has 2 unspecified atom stereocenters. The largest absolute Gasteiger partial charge is 0.466 e. The zero-order valence-corrected chi connectivity index (χ0v) is 41.6. The number of ether oxygens (including phenoxy) is 1. The Labute approximate surface area is 386 Å². The highest BCUT2D eigenvalue weighted by molar-refractivity contribution is 5.76. The second kappa shape index (κ2) is 52.0. The monoisotopic (exact) mass is 874 g/mol. The van der Waals surface area contributed by atoms with Gasteiger partial charge >= 0.3 is 5.97 Å². The number of unbranched alkanes of at least 4 members (excludes halogenated alkanes) is 36. The molecule has 6 heteroatoms. The number of aliphatic hydroxyl groups excluding tert-OH is 2. The molecule has 2 atom stereocenters. The number of aliphatic hydroxyl groups is 2. The van der Waals surface area contributed by atoms with Crippen LogP contribution in [0.2, 0.25) is 0 Å². The van der Waals surface area contributed by atoms with Gasteiger partial charge in [-0.15, -0.1) is 0 Å². The van der Waals surface area contributed by atoms with Gasteiger partial charge in [0.05, 0.1) is 25.4 Å². The van der Waals surface area contributed by atoms with Gasteiger partial charge in [0.2, 0.25) is 5.91 Å². The third-order valence-corrected chi connectivity index (χ3v) is 12.7. The molecule has 0 spiro atoms. The van der Waals surface area contributed by atoms with Crippen molar-refractivity contribution in [1.29, 1.82) is 0 Å². The number of carbonyl (C=O) groups is 2. The van der Waals surface area contributed by atoms with E-state index in [-0.39, 0.29) is 18.5 Å². The van der Waals surface area contributed by atoms with E-state index in [9.17, 15) is 19.8 Å². The highest BCUT2D eigenvalue weighted by Crippen LogP contribution is 2.16. The third-order valence-electron chi connectivity index (χ3n) is 12.7. The molecule has 0 saturated heterocycles. The summed E-state index contributed by atoms with van der Waals surface area (Å²) in [7, 11) is 0. The highest BCUT2D eigenvalue weighted by atomic mass is 16.5. The summed E-state index contributed by atoms with van der Waals surface area (Å²) in [6, 6.07) is -0.545. The van der Waals surface area contributed by atoms with E-state index in [0.29, 0.717) is 25.9 Å². The summed E-state index contributed by atoms with van der Waals surface area (Å²) in [4.78, 5) is 24.4. The van der Waals surface area contributed by atoms with Gasteiger partial charge in [-0.1, -0.05) is 231 Å². The minimum Gasteiger partial charge on any atom is -0.466 e. The summed E-state index contributed by atoms with van der Waals surface area (Å²) in [5, 5.41) is 23.1. The fraction of sp³-hybridized carbons (Fsp3) is 0.893. The highest BCUT2D eigenvalue weighted by Gasteiger charge is 2.20. The summed E-state index contributed by atoms with van der Waals surface area (Å²) < 4.78 is 5.46. The molecule has 1 amide bonds. The molecule has 3 N–H and O–H groups in total. The Kier molecular flexibility index (Phi) is 50.6. The average molecular weight is 874 g/mol. The van der Waals surface area contributed by atoms with Crippen LogP contribution in [0.3, 0.4) is 0 Å². The fourth-order valence-electron chi connectivity index (χ4n) is 8.45. The predicted molar refractivity (Wildman–Crippen MR) is 269 cm³/mol. The van der Waals surface area contributed by atoms with E-state index < -0.39 is 12.1 Å². The molecule has 0 radical (unpaired) electrons. The molecule has 0 aliphatic heterocycles. The van der Waals surface area contributed by atoms with E-state index in [0.717, 1.165) is 44.9 Å². The number of amides is 1. The molecule has 0 aliphatic carbocycles. The van der Waals surface area contributed by atoms with E-state index in [1.54, 1.807) is 0 Å². The van der Waals surface area contributed by atoms with Gasteiger partial charge in [0, 0.05) is 12.8 Å². The van der Waals surface area contributed by atoms with Crippen molar-refractivity contribution >= 4 is 11.9 Å². The lowest BCUT2D eigenvalue weighted by atomic mass is 10.0. The second-order valence-electron chi connectivity index (χ2n) is 18.9. The van der Waals surface area contributed by atoms with Crippen LogP contribution in [0.4, 0.5) is 0 Å². The van der Waals surface area contributed by atoms with Crippen LogP contribution in [0.1, 0.15) is 296 Å². The standard InChI is InChI=1S/C56H107NO5/c1-3-5-7-9-11-13-15-30-34-38-42-46-50-56(61)62-51-47-43-39-35-31-27-25-23-21-19-17-16-18-20-22-24-26-29-33-37-41-45-49-55(60)57-53(52-58)54(59)48-44-40-36-32-28-14-12-10-8-6-4-2/h11,13,18,20,53-54,58-59H,3-10,12,14-17,19,21-52H2,1-2H3,(H,57,60)/b13-11-,20-18-. The zero-order valence-electron chi connectivity index (χ0n) is 41.6. The molecule has 0 fully saturated rings. The van der Waals surface area contributed by atoms with E-state index in [1.807, 2.05) is 0 Å². The summed E-state index contributed by atoms with van der Waals surface area (Å²) in [5.41, 5.74) is 0. The number of allylic oxidation sites excluding steroid dienone is 4. The van der Waals surface area contributed by atoms with Crippen molar-refractivity contribution in [3.05, 3.63) is 24.3 Å². The smallest absolute Gasteiger partial charge is 0.305 e. The maximum atomic E-state index is 12.4. The van der Waals surface area contributed by atoms with Crippen molar-refractivity contribution in [2.24, 2.45) is 0 Å². The molecule has 0 aromatic carbocycles. The summed E-state index contributed by atoms with van der Waals surface area (Å²) in [5.74, 6) is -0.0433. The van der Waals surface area contributed by atoms with Crippen molar-refractivity contribution in [2.75, 3.05) is 13.2 Å². The van der Waals surface area contributed by atoms with E-state index in [1.165, 1.54) is 218 Å². The summed E-state index contributed by atoms with van der Waals surface area (Å²) >= 11 is 0. The SMILES string of the molecule is CCCCC/C=C\CCCCCCCC(=O)OCCCCCCCCCCCCC/C=C\CCCCCCCCCC(=O)NC(CO)C(O)CCCCCCCCCCCCC. The zero-order chi connectivity index (χ0) is 45.1. The van der Waals surface area contributed by atoms with E-state index in [4.69, 9.17) is 4.74 Å². The first-order valence-corrected chi connectivity index (χ1v) is 27.6. The summed E-state index contributed by atoms with van der Waals surface area (Å²) in [6.45, 7) is 4.91. The second-order valence-corrected chi connectivity index (χ2v) is 18.9. The normalized spacial score (nSPS) is 12.8.